The predicted molar refractivity (Wildman–Crippen MR) is 79.2 cm³/mol. The molecule has 0 aliphatic rings. The molecule has 0 fully saturated rings. The van der Waals surface area contributed by atoms with Gasteiger partial charge in [-0.25, -0.2) is 0 Å². The van der Waals surface area contributed by atoms with E-state index in [0.717, 1.165) is 21.8 Å². The van der Waals surface area contributed by atoms with Crippen molar-refractivity contribution in [3.63, 3.8) is 0 Å². The minimum absolute atomic E-state index is 0.190. The Morgan fingerprint density at radius 3 is 2.84 bits per heavy atom. The molecule has 0 saturated carbocycles. The van der Waals surface area contributed by atoms with E-state index < -0.39 is 5.24 Å². The lowest BCUT2D eigenvalue weighted by Crippen LogP contribution is -2.27. The average Bonchev–Trinajstić information content (AvgIpc) is 2.36. The Bertz CT molecular complexity index is 468. The average molecular weight is 347 g/mol. The van der Waals surface area contributed by atoms with E-state index in [2.05, 4.69) is 21.2 Å². The molecule has 19 heavy (non-hydrogen) atoms. The van der Waals surface area contributed by atoms with Crippen LogP contribution in [0.25, 0.3) is 0 Å². The Hall–Kier alpha value is -1.05. The Morgan fingerprint density at radius 2 is 2.21 bits per heavy atom. The molecule has 0 saturated heterocycles. The van der Waals surface area contributed by atoms with Crippen molar-refractivity contribution >= 4 is 38.8 Å². The summed E-state index contributed by atoms with van der Waals surface area (Å²) in [7, 11) is 1.57. The molecule has 0 bridgehead atoms. The summed E-state index contributed by atoms with van der Waals surface area (Å²) in [6.07, 6.45) is 0. The van der Waals surface area contributed by atoms with Gasteiger partial charge >= 0.3 is 0 Å². The van der Waals surface area contributed by atoms with Crippen molar-refractivity contribution in [2.45, 2.75) is 5.75 Å². The standard InChI is InChI=1S/C12H15BrN2O3S/c1-18-5-4-15-11(16)10-3-2-9(13)6-8(10)7-19-12(14)17/h2-3,6H,4-5,7H2,1H3,(H2,14,17)(H,15,16). The molecule has 1 rings (SSSR count). The van der Waals surface area contributed by atoms with Crippen LogP contribution in [0.15, 0.2) is 22.7 Å². The van der Waals surface area contributed by atoms with Crippen LogP contribution in [0.3, 0.4) is 0 Å². The number of nitrogens with one attached hydrogen (secondary N) is 1. The number of methoxy groups -OCH3 is 1. The summed E-state index contributed by atoms with van der Waals surface area (Å²) < 4.78 is 5.72. The van der Waals surface area contributed by atoms with E-state index in [1.165, 1.54) is 0 Å². The highest BCUT2D eigenvalue weighted by atomic mass is 79.9. The highest BCUT2D eigenvalue weighted by molar-refractivity contribution is 9.10. The molecule has 0 aliphatic carbocycles. The maximum absolute atomic E-state index is 12.0. The Labute approximate surface area is 124 Å². The van der Waals surface area contributed by atoms with E-state index in [0.29, 0.717) is 24.5 Å². The van der Waals surface area contributed by atoms with Crippen LogP contribution in [0, 0.1) is 0 Å². The number of nitrogens with two attached hydrogens (primary N) is 1. The number of carbonyl (C=O) groups excluding carboxylic acids is 2. The van der Waals surface area contributed by atoms with Crippen LogP contribution in [0.2, 0.25) is 0 Å². The molecule has 104 valence electrons. The van der Waals surface area contributed by atoms with Gasteiger partial charge in [0.1, 0.15) is 0 Å². The third kappa shape index (κ3) is 5.63. The number of benzene rings is 1. The first-order chi connectivity index (χ1) is 9.04. The fraction of sp³-hybridized carbons (Fsp3) is 0.333. The predicted octanol–water partition coefficient (Wildman–Crippen LogP) is 2.14. The highest BCUT2D eigenvalue weighted by Gasteiger charge is 2.12. The van der Waals surface area contributed by atoms with Crippen LogP contribution < -0.4 is 11.1 Å². The summed E-state index contributed by atoms with van der Waals surface area (Å²) in [5.41, 5.74) is 6.39. The van der Waals surface area contributed by atoms with Gasteiger partial charge in [-0.15, -0.1) is 0 Å². The second kappa shape index (κ2) is 8.19. The van der Waals surface area contributed by atoms with E-state index in [4.69, 9.17) is 10.5 Å². The van der Waals surface area contributed by atoms with Gasteiger partial charge in [0.05, 0.1) is 6.61 Å². The van der Waals surface area contributed by atoms with Crippen molar-refractivity contribution in [1.82, 2.24) is 5.32 Å². The molecule has 3 N–H and O–H groups in total. The number of hydrogen-bond acceptors (Lipinski definition) is 4. The fourth-order valence-corrected chi connectivity index (χ4v) is 2.36. The third-order valence-electron chi connectivity index (χ3n) is 2.27. The number of amides is 2. The van der Waals surface area contributed by atoms with Gasteiger partial charge in [0.2, 0.25) is 0 Å². The molecule has 0 spiro atoms. The minimum atomic E-state index is -0.467. The van der Waals surface area contributed by atoms with Gasteiger partial charge in [0.15, 0.2) is 0 Å². The van der Waals surface area contributed by atoms with Crippen LogP contribution in [0.5, 0.6) is 0 Å². The van der Waals surface area contributed by atoms with E-state index in [-0.39, 0.29) is 5.91 Å². The lowest BCUT2D eigenvalue weighted by atomic mass is 10.1. The molecular formula is C12H15BrN2O3S. The normalized spacial score (nSPS) is 10.2. The van der Waals surface area contributed by atoms with Crippen LogP contribution >= 0.6 is 27.7 Å². The fourth-order valence-electron chi connectivity index (χ4n) is 1.41. The van der Waals surface area contributed by atoms with E-state index >= 15 is 0 Å². The minimum Gasteiger partial charge on any atom is -0.383 e. The monoisotopic (exact) mass is 346 g/mol. The number of hydrogen-bond donors (Lipinski definition) is 2. The van der Waals surface area contributed by atoms with Gasteiger partial charge in [-0.2, -0.15) is 0 Å². The Morgan fingerprint density at radius 1 is 1.47 bits per heavy atom. The Balaban J connectivity index is 2.80. The summed E-state index contributed by atoms with van der Waals surface area (Å²) in [6, 6.07) is 5.30. The maximum Gasteiger partial charge on any atom is 0.276 e. The molecule has 5 nitrogen and oxygen atoms in total. The second-order valence-corrected chi connectivity index (χ2v) is 5.55. The Kier molecular flexibility index (Phi) is 6.90. The quantitative estimate of drug-likeness (QED) is 0.773. The first kappa shape index (κ1) is 16.0. The second-order valence-electron chi connectivity index (χ2n) is 3.66. The van der Waals surface area contributed by atoms with Gasteiger partial charge in [-0.3, -0.25) is 9.59 Å². The molecule has 1 aromatic carbocycles. The molecule has 0 heterocycles. The largest absolute Gasteiger partial charge is 0.383 e. The van der Waals surface area contributed by atoms with Crippen molar-refractivity contribution in [2.75, 3.05) is 20.3 Å². The first-order valence-corrected chi connectivity index (χ1v) is 7.30. The molecule has 7 heteroatoms. The van der Waals surface area contributed by atoms with Crippen LogP contribution in [-0.2, 0) is 10.5 Å². The smallest absolute Gasteiger partial charge is 0.276 e. The number of carbonyl (C=O) groups is 2. The van der Waals surface area contributed by atoms with Crippen LogP contribution in [0.1, 0.15) is 15.9 Å². The summed E-state index contributed by atoms with van der Waals surface area (Å²) in [4.78, 5) is 22.8. The van der Waals surface area contributed by atoms with Gasteiger partial charge in [0.25, 0.3) is 11.1 Å². The lowest BCUT2D eigenvalue weighted by molar-refractivity contribution is 0.0936. The van der Waals surface area contributed by atoms with Gasteiger partial charge in [-0.05, 0) is 23.8 Å². The van der Waals surface area contributed by atoms with E-state index in [1.807, 2.05) is 0 Å². The summed E-state index contributed by atoms with van der Waals surface area (Å²) >= 11 is 4.31. The number of primary amides is 1. The third-order valence-corrected chi connectivity index (χ3v) is 3.51. The zero-order valence-corrected chi connectivity index (χ0v) is 12.8. The zero-order chi connectivity index (χ0) is 14.3. The lowest BCUT2D eigenvalue weighted by Gasteiger charge is -2.10. The zero-order valence-electron chi connectivity index (χ0n) is 10.4. The number of ether oxygens (including phenoxy) is 1. The van der Waals surface area contributed by atoms with Crippen LogP contribution in [-0.4, -0.2) is 31.4 Å². The summed E-state index contributed by atoms with van der Waals surface area (Å²) in [5, 5.41) is 2.28. The van der Waals surface area contributed by atoms with Crippen molar-refractivity contribution < 1.29 is 14.3 Å². The van der Waals surface area contributed by atoms with Crippen molar-refractivity contribution in [1.29, 1.82) is 0 Å². The van der Waals surface area contributed by atoms with E-state index in [1.54, 1.807) is 25.3 Å². The number of rotatable bonds is 6. The summed E-state index contributed by atoms with van der Waals surface area (Å²) in [5.74, 6) is 0.173. The van der Waals surface area contributed by atoms with Crippen molar-refractivity contribution in [3.8, 4) is 0 Å². The number of halogens is 1. The molecular weight excluding hydrogens is 332 g/mol. The molecule has 0 radical (unpaired) electrons. The van der Waals surface area contributed by atoms with E-state index in [9.17, 15) is 9.59 Å². The topological polar surface area (TPSA) is 81.4 Å². The van der Waals surface area contributed by atoms with Crippen molar-refractivity contribution in [2.24, 2.45) is 5.73 Å². The maximum atomic E-state index is 12.0. The molecule has 0 atom stereocenters. The van der Waals surface area contributed by atoms with Crippen molar-refractivity contribution in [3.05, 3.63) is 33.8 Å². The SMILES string of the molecule is COCCNC(=O)c1ccc(Br)cc1CSC(N)=O. The molecule has 1 aromatic rings. The summed E-state index contributed by atoms with van der Waals surface area (Å²) in [6.45, 7) is 0.890. The number of thioether (sulfide) groups is 1. The molecule has 0 aromatic heterocycles. The molecule has 2 amide bonds. The van der Waals surface area contributed by atoms with Gasteiger partial charge in [-0.1, -0.05) is 27.7 Å². The molecule has 0 aliphatic heterocycles. The van der Waals surface area contributed by atoms with Crippen LogP contribution in [0.4, 0.5) is 4.79 Å². The van der Waals surface area contributed by atoms with Gasteiger partial charge < -0.3 is 15.8 Å². The highest BCUT2D eigenvalue weighted by Crippen LogP contribution is 2.21. The first-order valence-electron chi connectivity index (χ1n) is 5.52. The van der Waals surface area contributed by atoms with Gasteiger partial charge in [0, 0.05) is 29.4 Å². The molecule has 0 unspecified atom stereocenters.